The highest BCUT2D eigenvalue weighted by molar-refractivity contribution is 5.09. The van der Waals surface area contributed by atoms with E-state index in [1.807, 2.05) is 0 Å². The Morgan fingerprint density at radius 3 is 1.94 bits per heavy atom. The first-order chi connectivity index (χ1) is 7.56. The zero-order valence-electron chi connectivity index (χ0n) is 8.13. The standard InChI is InChI=1S/C8H7F8O/c9-3-6(11,12)8(15,16)7(13,14)5(10)1-4-2-17-4/h4H,1-3H2. The van der Waals surface area contributed by atoms with Gasteiger partial charge >= 0.3 is 17.8 Å². The molecule has 0 bridgehead atoms. The Morgan fingerprint density at radius 1 is 1.12 bits per heavy atom. The molecule has 1 aliphatic heterocycles. The van der Waals surface area contributed by atoms with Crippen molar-refractivity contribution in [2.24, 2.45) is 0 Å². The Hall–Kier alpha value is -0.600. The van der Waals surface area contributed by atoms with Gasteiger partial charge in [-0.1, -0.05) is 0 Å². The molecule has 1 radical (unpaired) electrons. The molecule has 1 atom stereocenters. The van der Waals surface area contributed by atoms with Crippen LogP contribution in [-0.2, 0) is 4.74 Å². The molecule has 1 aliphatic rings. The van der Waals surface area contributed by atoms with Crippen LogP contribution in [0.4, 0.5) is 35.1 Å². The molecule has 0 aromatic carbocycles. The third-order valence-corrected chi connectivity index (χ3v) is 2.17. The van der Waals surface area contributed by atoms with Crippen molar-refractivity contribution in [1.82, 2.24) is 0 Å². The second-order valence-electron chi connectivity index (χ2n) is 3.55. The molecule has 1 rings (SSSR count). The van der Waals surface area contributed by atoms with Crippen molar-refractivity contribution in [1.29, 1.82) is 0 Å². The van der Waals surface area contributed by atoms with E-state index in [1.165, 1.54) is 0 Å². The molecule has 1 heterocycles. The lowest BCUT2D eigenvalue weighted by atomic mass is 9.98. The fourth-order valence-corrected chi connectivity index (χ4v) is 0.998. The minimum atomic E-state index is -6.13. The molecule has 17 heavy (non-hydrogen) atoms. The first-order valence-electron chi connectivity index (χ1n) is 4.39. The Labute approximate surface area is 90.7 Å². The summed E-state index contributed by atoms with van der Waals surface area (Å²) in [5.74, 6) is -17.5. The zero-order chi connectivity index (χ0) is 13.5. The van der Waals surface area contributed by atoms with E-state index >= 15 is 0 Å². The lowest BCUT2D eigenvalue weighted by Gasteiger charge is -2.32. The van der Waals surface area contributed by atoms with E-state index < -0.39 is 43.1 Å². The molecule has 0 N–H and O–H groups in total. The third-order valence-electron chi connectivity index (χ3n) is 2.17. The molecule has 0 amide bonds. The van der Waals surface area contributed by atoms with Crippen molar-refractivity contribution >= 4 is 0 Å². The molecular formula is C8H7F8O. The highest BCUT2D eigenvalue weighted by Crippen LogP contribution is 2.52. The Bertz CT molecular complexity index is 275. The maximum atomic E-state index is 12.8. The Morgan fingerprint density at radius 2 is 1.59 bits per heavy atom. The highest BCUT2D eigenvalue weighted by Gasteiger charge is 2.75. The van der Waals surface area contributed by atoms with Gasteiger partial charge in [0.05, 0.1) is 12.7 Å². The molecule has 0 aliphatic carbocycles. The van der Waals surface area contributed by atoms with Crippen molar-refractivity contribution in [3.63, 3.8) is 0 Å². The van der Waals surface area contributed by atoms with Crippen molar-refractivity contribution < 1.29 is 39.9 Å². The zero-order valence-corrected chi connectivity index (χ0v) is 8.13. The van der Waals surface area contributed by atoms with Crippen LogP contribution in [0.1, 0.15) is 6.42 Å². The molecule has 0 aromatic rings. The molecule has 1 fully saturated rings. The fraction of sp³-hybridized carbons (Fsp3) is 0.875. The van der Waals surface area contributed by atoms with Crippen LogP contribution < -0.4 is 0 Å². The predicted molar refractivity (Wildman–Crippen MR) is 39.5 cm³/mol. The minimum absolute atomic E-state index is 0.116. The second-order valence-corrected chi connectivity index (χ2v) is 3.55. The smallest absolute Gasteiger partial charge is 0.373 e. The van der Waals surface area contributed by atoms with E-state index in [9.17, 15) is 35.1 Å². The van der Waals surface area contributed by atoms with Gasteiger partial charge in [0.2, 0.25) is 6.17 Å². The largest absolute Gasteiger partial charge is 0.378 e. The van der Waals surface area contributed by atoms with E-state index in [1.54, 1.807) is 0 Å². The van der Waals surface area contributed by atoms with Crippen LogP contribution in [0.3, 0.4) is 0 Å². The van der Waals surface area contributed by atoms with Gasteiger partial charge in [0, 0.05) is 6.42 Å². The fourth-order valence-electron chi connectivity index (χ4n) is 0.998. The first kappa shape index (κ1) is 14.5. The summed E-state index contributed by atoms with van der Waals surface area (Å²) < 4.78 is 104. The predicted octanol–water partition coefficient (Wildman–Crippen LogP) is 3.15. The molecule has 0 aromatic heterocycles. The lowest BCUT2D eigenvalue weighted by Crippen LogP contribution is -2.57. The van der Waals surface area contributed by atoms with Gasteiger partial charge in [0.25, 0.3) is 0 Å². The minimum Gasteiger partial charge on any atom is -0.373 e. The third kappa shape index (κ3) is 2.48. The number of epoxide rings is 1. The normalized spacial score (nSPS) is 22.1. The summed E-state index contributed by atoms with van der Waals surface area (Å²) in [6.07, 6.45) is -4.88. The number of halogens is 8. The van der Waals surface area contributed by atoms with Gasteiger partial charge in [0.15, 0.2) is 6.67 Å². The van der Waals surface area contributed by atoms with Crippen molar-refractivity contribution in [3.8, 4) is 0 Å². The lowest BCUT2D eigenvalue weighted by molar-refractivity contribution is -0.312. The number of rotatable bonds is 6. The Kier molecular flexibility index (Phi) is 3.62. The number of ether oxygens (including phenoxy) is 1. The van der Waals surface area contributed by atoms with Crippen molar-refractivity contribution in [3.05, 3.63) is 6.17 Å². The highest BCUT2D eigenvalue weighted by atomic mass is 19.4. The summed E-state index contributed by atoms with van der Waals surface area (Å²) in [6.45, 7) is -3.13. The quantitative estimate of drug-likeness (QED) is 0.534. The van der Waals surface area contributed by atoms with Crippen LogP contribution in [0, 0.1) is 6.17 Å². The van der Waals surface area contributed by atoms with Gasteiger partial charge in [-0.3, -0.25) is 0 Å². The summed E-state index contributed by atoms with van der Waals surface area (Å²) in [5, 5.41) is 0. The number of hydrogen-bond acceptors (Lipinski definition) is 1. The van der Waals surface area contributed by atoms with Gasteiger partial charge in [-0.05, 0) is 0 Å². The van der Waals surface area contributed by atoms with Crippen LogP contribution in [0.5, 0.6) is 0 Å². The van der Waals surface area contributed by atoms with E-state index in [2.05, 4.69) is 4.74 Å². The molecule has 1 unspecified atom stereocenters. The summed E-state index contributed by atoms with van der Waals surface area (Å²) in [4.78, 5) is 0. The van der Waals surface area contributed by atoms with Crippen LogP contribution in [0.25, 0.3) is 0 Å². The SMILES string of the molecule is FCC(F)(F)C(F)(F)C(F)(F)[C](F)CC1CO1. The van der Waals surface area contributed by atoms with Crippen LogP contribution in [-0.4, -0.2) is 37.2 Å². The van der Waals surface area contributed by atoms with E-state index in [4.69, 9.17) is 0 Å². The van der Waals surface area contributed by atoms with Crippen LogP contribution >= 0.6 is 0 Å². The van der Waals surface area contributed by atoms with Crippen LogP contribution in [0.2, 0.25) is 0 Å². The molecule has 101 valence electrons. The monoisotopic (exact) mass is 271 g/mol. The summed E-state index contributed by atoms with van der Waals surface area (Å²) >= 11 is 0. The Balaban J connectivity index is 2.85. The van der Waals surface area contributed by atoms with E-state index in [0.717, 1.165) is 0 Å². The summed E-state index contributed by atoms with van der Waals surface area (Å²) in [6, 6.07) is 0. The number of hydrogen-bond donors (Lipinski definition) is 0. The topological polar surface area (TPSA) is 12.5 Å². The van der Waals surface area contributed by atoms with Crippen molar-refractivity contribution in [2.45, 2.75) is 30.3 Å². The van der Waals surface area contributed by atoms with Crippen LogP contribution in [0.15, 0.2) is 0 Å². The number of alkyl halides is 7. The van der Waals surface area contributed by atoms with Crippen molar-refractivity contribution in [2.75, 3.05) is 13.3 Å². The molecule has 0 spiro atoms. The first-order valence-corrected chi connectivity index (χ1v) is 4.39. The maximum absolute atomic E-state index is 12.8. The van der Waals surface area contributed by atoms with Gasteiger partial charge in [-0.25, -0.2) is 8.78 Å². The van der Waals surface area contributed by atoms with Gasteiger partial charge in [-0.15, -0.1) is 0 Å². The molecule has 1 saturated heterocycles. The second kappa shape index (κ2) is 4.25. The van der Waals surface area contributed by atoms with E-state index in [-0.39, 0.29) is 6.61 Å². The maximum Gasteiger partial charge on any atom is 0.378 e. The van der Waals surface area contributed by atoms with E-state index in [0.29, 0.717) is 0 Å². The van der Waals surface area contributed by atoms with Gasteiger partial charge < -0.3 is 4.74 Å². The molecule has 0 saturated carbocycles. The summed E-state index contributed by atoms with van der Waals surface area (Å²) in [5.41, 5.74) is 0. The average Bonchev–Trinajstić information content (AvgIpc) is 3.00. The molecule has 9 heteroatoms. The molecule has 1 nitrogen and oxygen atoms in total. The summed E-state index contributed by atoms with van der Waals surface area (Å²) in [7, 11) is 0. The molecular weight excluding hydrogens is 264 g/mol. The van der Waals surface area contributed by atoms with Gasteiger partial charge in [-0.2, -0.15) is 26.3 Å². The van der Waals surface area contributed by atoms with Gasteiger partial charge in [0.1, 0.15) is 0 Å². The average molecular weight is 271 g/mol.